The molecule has 2 heterocycles. The smallest absolute Gasteiger partial charge is 0.313 e. The number of hydrogen-bond donors (Lipinski definition) is 2. The van der Waals surface area contributed by atoms with Gasteiger partial charge in [0.05, 0.1) is 12.5 Å². The second kappa shape index (κ2) is 9.80. The van der Waals surface area contributed by atoms with Crippen molar-refractivity contribution in [2.75, 3.05) is 39.1 Å². The average Bonchev–Trinajstić information content (AvgIpc) is 2.71. The maximum atomic E-state index is 14.7. The lowest BCUT2D eigenvalue weighted by Crippen LogP contribution is -2.32. The highest BCUT2D eigenvalue weighted by atomic mass is 19.1. The molecule has 1 aromatic heterocycles. The van der Waals surface area contributed by atoms with Crippen LogP contribution in [0.4, 0.5) is 10.2 Å². The van der Waals surface area contributed by atoms with Crippen LogP contribution >= 0.6 is 0 Å². The first-order chi connectivity index (χ1) is 14.0. The molecular weight excluding hydrogens is 373 g/mol. The molecule has 0 amide bonds. The SMILES string of the molecule is CN(C)CCCNc1ccc(-c2ccc(C3CCC(CO)OC3=O)cc2F)cn1. The minimum absolute atomic E-state index is 0.181. The summed E-state index contributed by atoms with van der Waals surface area (Å²) in [5.41, 5.74) is 1.72. The molecular formula is C22H28FN3O3. The van der Waals surface area contributed by atoms with Gasteiger partial charge < -0.3 is 20.1 Å². The second-order valence-electron chi connectivity index (χ2n) is 7.63. The summed E-state index contributed by atoms with van der Waals surface area (Å²) >= 11 is 0. The van der Waals surface area contributed by atoms with Gasteiger partial charge in [-0.1, -0.05) is 12.1 Å². The molecule has 0 aliphatic carbocycles. The van der Waals surface area contributed by atoms with E-state index in [1.165, 1.54) is 6.07 Å². The number of aliphatic hydroxyl groups is 1. The molecule has 2 unspecified atom stereocenters. The van der Waals surface area contributed by atoms with E-state index in [0.717, 1.165) is 25.3 Å². The Bertz CT molecular complexity index is 827. The Balaban J connectivity index is 1.65. The van der Waals surface area contributed by atoms with Crippen LogP contribution in [0.1, 0.15) is 30.7 Å². The highest BCUT2D eigenvalue weighted by Gasteiger charge is 2.31. The number of carbonyl (C=O) groups excluding carboxylic acids is 1. The molecule has 0 spiro atoms. The Kier molecular flexibility index (Phi) is 7.17. The summed E-state index contributed by atoms with van der Waals surface area (Å²) in [6.45, 7) is 1.64. The summed E-state index contributed by atoms with van der Waals surface area (Å²) in [6, 6.07) is 8.51. The molecule has 0 bridgehead atoms. The predicted molar refractivity (Wildman–Crippen MR) is 110 cm³/mol. The van der Waals surface area contributed by atoms with Crippen molar-refractivity contribution in [1.82, 2.24) is 9.88 Å². The summed E-state index contributed by atoms with van der Waals surface area (Å²) in [5.74, 6) is -0.539. The van der Waals surface area contributed by atoms with E-state index in [1.54, 1.807) is 18.3 Å². The van der Waals surface area contributed by atoms with E-state index >= 15 is 0 Å². The molecule has 0 radical (unpaired) electrons. The zero-order valence-corrected chi connectivity index (χ0v) is 16.9. The Morgan fingerprint density at radius 3 is 2.72 bits per heavy atom. The number of halogens is 1. The van der Waals surface area contributed by atoms with Gasteiger partial charge in [0.15, 0.2) is 0 Å². The van der Waals surface area contributed by atoms with Gasteiger partial charge in [0.1, 0.15) is 17.7 Å². The van der Waals surface area contributed by atoms with Crippen molar-refractivity contribution in [1.29, 1.82) is 0 Å². The van der Waals surface area contributed by atoms with E-state index in [0.29, 0.717) is 29.5 Å². The molecule has 29 heavy (non-hydrogen) atoms. The van der Waals surface area contributed by atoms with Gasteiger partial charge in [-0.3, -0.25) is 4.79 Å². The van der Waals surface area contributed by atoms with Gasteiger partial charge >= 0.3 is 5.97 Å². The number of nitrogens with one attached hydrogen (secondary N) is 1. The number of hydrogen-bond acceptors (Lipinski definition) is 6. The lowest BCUT2D eigenvalue weighted by atomic mass is 9.89. The number of aromatic nitrogens is 1. The molecule has 1 saturated heterocycles. The Morgan fingerprint density at radius 2 is 2.10 bits per heavy atom. The normalized spacial score (nSPS) is 19.3. The number of rotatable bonds is 8. The lowest BCUT2D eigenvalue weighted by molar-refractivity contribution is -0.158. The largest absolute Gasteiger partial charge is 0.459 e. The fourth-order valence-corrected chi connectivity index (χ4v) is 3.46. The number of nitrogens with zero attached hydrogens (tertiary/aromatic N) is 2. The zero-order chi connectivity index (χ0) is 20.8. The quantitative estimate of drug-likeness (QED) is 0.523. The van der Waals surface area contributed by atoms with Gasteiger partial charge in [-0.2, -0.15) is 0 Å². The summed E-state index contributed by atoms with van der Waals surface area (Å²) in [4.78, 5) is 18.6. The minimum atomic E-state index is -0.492. The highest BCUT2D eigenvalue weighted by Crippen LogP contribution is 2.32. The van der Waals surface area contributed by atoms with Crippen LogP contribution in [0.5, 0.6) is 0 Å². The van der Waals surface area contributed by atoms with Gasteiger partial charge in [0.2, 0.25) is 0 Å². The molecule has 1 aliphatic rings. The van der Waals surface area contributed by atoms with Gasteiger partial charge in [0.25, 0.3) is 0 Å². The monoisotopic (exact) mass is 401 g/mol. The standard InChI is InChI=1S/C22H28FN3O3/c1-26(2)11-3-10-24-21-9-5-16(13-25-21)18-7-4-15(12-20(18)23)19-8-6-17(14-27)29-22(19)28/h4-5,7,9,12-13,17,19,27H,3,6,8,10-11,14H2,1-2H3,(H,24,25). The second-order valence-corrected chi connectivity index (χ2v) is 7.63. The van der Waals surface area contributed by atoms with Crippen molar-refractivity contribution >= 4 is 11.8 Å². The van der Waals surface area contributed by atoms with Crippen molar-refractivity contribution in [2.24, 2.45) is 0 Å². The van der Waals surface area contributed by atoms with Crippen molar-refractivity contribution in [2.45, 2.75) is 31.3 Å². The molecule has 0 saturated carbocycles. The van der Waals surface area contributed by atoms with E-state index < -0.39 is 23.8 Å². The lowest BCUT2D eigenvalue weighted by Gasteiger charge is -2.27. The summed E-state index contributed by atoms with van der Waals surface area (Å²) in [7, 11) is 4.08. The van der Waals surface area contributed by atoms with Crippen LogP contribution in [0, 0.1) is 5.82 Å². The first-order valence-corrected chi connectivity index (χ1v) is 9.93. The molecule has 2 N–H and O–H groups in total. The number of esters is 1. The molecule has 2 atom stereocenters. The van der Waals surface area contributed by atoms with Crippen molar-refractivity contribution < 1.29 is 19.0 Å². The number of aliphatic hydroxyl groups excluding tert-OH is 1. The number of anilines is 1. The van der Waals surface area contributed by atoms with Gasteiger partial charge in [0, 0.05) is 23.9 Å². The molecule has 2 aromatic rings. The average molecular weight is 401 g/mol. The van der Waals surface area contributed by atoms with Crippen LogP contribution < -0.4 is 5.32 Å². The molecule has 7 heteroatoms. The summed E-state index contributed by atoms with van der Waals surface area (Å²) in [5, 5.41) is 12.4. The number of cyclic esters (lactones) is 1. The van der Waals surface area contributed by atoms with Crippen LogP contribution in [0.3, 0.4) is 0 Å². The Labute approximate surface area is 170 Å². The highest BCUT2D eigenvalue weighted by molar-refractivity contribution is 5.79. The van der Waals surface area contributed by atoms with Crippen LogP contribution in [0.25, 0.3) is 11.1 Å². The van der Waals surface area contributed by atoms with E-state index in [2.05, 4.69) is 15.2 Å². The third-order valence-corrected chi connectivity index (χ3v) is 5.11. The fraction of sp³-hybridized carbons (Fsp3) is 0.455. The summed E-state index contributed by atoms with van der Waals surface area (Å²) in [6.07, 6.45) is 3.31. The van der Waals surface area contributed by atoms with E-state index in [9.17, 15) is 9.18 Å². The van der Waals surface area contributed by atoms with Crippen LogP contribution in [0.2, 0.25) is 0 Å². The molecule has 6 nitrogen and oxygen atoms in total. The first kappa shape index (κ1) is 21.2. The topological polar surface area (TPSA) is 74.7 Å². The van der Waals surface area contributed by atoms with Crippen molar-refractivity contribution in [3.63, 3.8) is 0 Å². The zero-order valence-electron chi connectivity index (χ0n) is 16.9. The van der Waals surface area contributed by atoms with Crippen LogP contribution in [0.15, 0.2) is 36.5 Å². The van der Waals surface area contributed by atoms with Gasteiger partial charge in [-0.15, -0.1) is 0 Å². The van der Waals surface area contributed by atoms with E-state index in [-0.39, 0.29) is 6.61 Å². The van der Waals surface area contributed by atoms with E-state index in [1.807, 2.05) is 26.2 Å². The third kappa shape index (κ3) is 5.52. The maximum Gasteiger partial charge on any atom is 0.313 e. The third-order valence-electron chi connectivity index (χ3n) is 5.11. The maximum absolute atomic E-state index is 14.7. The van der Waals surface area contributed by atoms with Gasteiger partial charge in [-0.05, 0) is 63.7 Å². The van der Waals surface area contributed by atoms with Crippen LogP contribution in [-0.4, -0.2) is 60.9 Å². The number of pyridine rings is 1. The first-order valence-electron chi connectivity index (χ1n) is 9.93. The van der Waals surface area contributed by atoms with Gasteiger partial charge in [-0.25, -0.2) is 9.37 Å². The fourth-order valence-electron chi connectivity index (χ4n) is 3.46. The molecule has 1 aliphatic heterocycles. The number of ether oxygens (including phenoxy) is 1. The van der Waals surface area contributed by atoms with Crippen molar-refractivity contribution in [3.05, 3.63) is 47.9 Å². The summed E-state index contributed by atoms with van der Waals surface area (Å²) < 4.78 is 19.9. The number of benzene rings is 1. The van der Waals surface area contributed by atoms with E-state index in [4.69, 9.17) is 9.84 Å². The Hall–Kier alpha value is -2.51. The van der Waals surface area contributed by atoms with Crippen molar-refractivity contribution in [3.8, 4) is 11.1 Å². The van der Waals surface area contributed by atoms with Crippen LogP contribution in [-0.2, 0) is 9.53 Å². The molecule has 3 rings (SSSR count). The molecule has 1 fully saturated rings. The number of carbonyl (C=O) groups is 1. The minimum Gasteiger partial charge on any atom is -0.459 e. The molecule has 156 valence electrons. The molecule has 1 aromatic carbocycles. The predicted octanol–water partition coefficient (Wildman–Crippen LogP) is 3.03. The Morgan fingerprint density at radius 1 is 1.28 bits per heavy atom.